The Morgan fingerprint density at radius 3 is 2.24 bits per heavy atom. The van der Waals surface area contributed by atoms with Crippen molar-refractivity contribution in [2.24, 2.45) is 0 Å². The molecule has 1 amide bonds. The van der Waals surface area contributed by atoms with Gasteiger partial charge in [-0.1, -0.05) is 13.8 Å². The van der Waals surface area contributed by atoms with Gasteiger partial charge in [-0.15, -0.1) is 0 Å². The lowest BCUT2D eigenvalue weighted by atomic mass is 9.92. The zero-order chi connectivity index (χ0) is 15.9. The molecule has 5 nitrogen and oxygen atoms in total. The molecule has 2 N–H and O–H groups in total. The Labute approximate surface area is 129 Å². The smallest absolute Gasteiger partial charge is 0.408 e. The molecule has 0 aliphatic carbocycles. The maximum Gasteiger partial charge on any atom is 0.408 e. The summed E-state index contributed by atoms with van der Waals surface area (Å²) in [5, 5.41) is 6.65. The van der Waals surface area contributed by atoms with E-state index in [4.69, 9.17) is 9.47 Å². The van der Waals surface area contributed by atoms with E-state index < -0.39 is 5.60 Å². The number of amides is 1. The van der Waals surface area contributed by atoms with E-state index in [1.165, 1.54) is 0 Å². The summed E-state index contributed by atoms with van der Waals surface area (Å²) in [6.07, 6.45) is 3.49. The van der Waals surface area contributed by atoms with Gasteiger partial charge in [-0.25, -0.2) is 4.79 Å². The SMILES string of the molecule is CCC(CC)(CNC1CCOCC1)NC(=O)OC(C)(C)C. The summed E-state index contributed by atoms with van der Waals surface area (Å²) in [6.45, 7) is 12.3. The van der Waals surface area contributed by atoms with Crippen molar-refractivity contribution in [1.82, 2.24) is 10.6 Å². The first-order valence-electron chi connectivity index (χ1n) is 8.12. The van der Waals surface area contributed by atoms with Crippen molar-refractivity contribution >= 4 is 6.09 Å². The van der Waals surface area contributed by atoms with Crippen molar-refractivity contribution in [3.05, 3.63) is 0 Å². The van der Waals surface area contributed by atoms with Crippen molar-refractivity contribution in [2.45, 2.75) is 77.5 Å². The van der Waals surface area contributed by atoms with E-state index >= 15 is 0 Å². The van der Waals surface area contributed by atoms with Crippen LogP contribution < -0.4 is 10.6 Å². The van der Waals surface area contributed by atoms with Crippen molar-refractivity contribution in [1.29, 1.82) is 0 Å². The first-order chi connectivity index (χ1) is 9.80. The molecule has 21 heavy (non-hydrogen) atoms. The van der Waals surface area contributed by atoms with Gasteiger partial charge in [0.25, 0.3) is 0 Å². The molecule has 1 aliphatic rings. The average Bonchev–Trinajstić information content (AvgIpc) is 2.43. The highest BCUT2D eigenvalue weighted by Gasteiger charge is 2.31. The van der Waals surface area contributed by atoms with Gasteiger partial charge in [-0.2, -0.15) is 0 Å². The number of hydrogen-bond acceptors (Lipinski definition) is 4. The molecule has 1 saturated heterocycles. The molecule has 0 spiro atoms. The second-order valence-corrected chi connectivity index (χ2v) is 6.88. The van der Waals surface area contributed by atoms with Crippen molar-refractivity contribution in [2.75, 3.05) is 19.8 Å². The van der Waals surface area contributed by atoms with Gasteiger partial charge in [-0.3, -0.25) is 0 Å². The van der Waals surface area contributed by atoms with Crippen molar-refractivity contribution < 1.29 is 14.3 Å². The predicted octanol–water partition coefficient (Wildman–Crippen LogP) is 2.84. The molecular weight excluding hydrogens is 268 g/mol. The van der Waals surface area contributed by atoms with Crippen LogP contribution in [0.1, 0.15) is 60.3 Å². The molecule has 0 bridgehead atoms. The van der Waals surface area contributed by atoms with Crippen molar-refractivity contribution in [3.63, 3.8) is 0 Å². The molecule has 0 aromatic heterocycles. The van der Waals surface area contributed by atoms with Gasteiger partial charge in [0, 0.05) is 25.8 Å². The molecule has 0 atom stereocenters. The zero-order valence-corrected chi connectivity index (χ0v) is 14.3. The van der Waals surface area contributed by atoms with Gasteiger partial charge in [0.05, 0.1) is 5.54 Å². The van der Waals surface area contributed by atoms with Crippen LogP contribution in [0.2, 0.25) is 0 Å². The minimum absolute atomic E-state index is 0.249. The molecule has 1 aliphatic heterocycles. The van der Waals surface area contributed by atoms with Gasteiger partial charge < -0.3 is 20.1 Å². The third-order valence-electron chi connectivity index (χ3n) is 4.07. The topological polar surface area (TPSA) is 59.6 Å². The van der Waals surface area contributed by atoms with E-state index in [1.807, 2.05) is 20.8 Å². The lowest BCUT2D eigenvalue weighted by Gasteiger charge is -2.36. The second-order valence-electron chi connectivity index (χ2n) is 6.88. The summed E-state index contributed by atoms with van der Waals surface area (Å²) in [7, 11) is 0. The summed E-state index contributed by atoms with van der Waals surface area (Å²) >= 11 is 0. The molecule has 0 radical (unpaired) electrons. The van der Waals surface area contributed by atoms with Gasteiger partial charge in [0.1, 0.15) is 5.60 Å². The number of nitrogens with one attached hydrogen (secondary N) is 2. The predicted molar refractivity (Wildman–Crippen MR) is 84.5 cm³/mol. The minimum atomic E-state index is -0.467. The highest BCUT2D eigenvalue weighted by atomic mass is 16.6. The first-order valence-corrected chi connectivity index (χ1v) is 8.12. The Bertz CT molecular complexity index is 316. The number of ether oxygens (including phenoxy) is 2. The number of rotatable bonds is 6. The molecule has 0 aromatic rings. The molecule has 0 unspecified atom stereocenters. The summed E-state index contributed by atoms with van der Waals surface area (Å²) < 4.78 is 10.8. The molecule has 0 saturated carbocycles. The van der Waals surface area contributed by atoms with E-state index in [0.29, 0.717) is 6.04 Å². The highest BCUT2D eigenvalue weighted by molar-refractivity contribution is 5.68. The van der Waals surface area contributed by atoms with E-state index in [1.54, 1.807) is 0 Å². The normalized spacial score (nSPS) is 17.6. The maximum atomic E-state index is 12.1. The van der Waals surface area contributed by atoms with E-state index in [2.05, 4.69) is 24.5 Å². The molecule has 1 rings (SSSR count). The van der Waals surface area contributed by atoms with Crippen LogP contribution in [0, 0.1) is 0 Å². The standard InChI is InChI=1S/C16H32N2O3/c1-6-16(7-2,18-14(19)21-15(3,4)5)12-17-13-8-10-20-11-9-13/h13,17H,6-12H2,1-5H3,(H,18,19). The molecular formula is C16H32N2O3. The summed E-state index contributed by atoms with van der Waals surface area (Å²) in [4.78, 5) is 12.1. The van der Waals surface area contributed by atoms with Crippen LogP contribution in [0.15, 0.2) is 0 Å². The number of hydrogen-bond donors (Lipinski definition) is 2. The lowest BCUT2D eigenvalue weighted by molar-refractivity contribution is 0.0430. The van der Waals surface area contributed by atoms with Crippen molar-refractivity contribution in [3.8, 4) is 0 Å². The summed E-state index contributed by atoms with van der Waals surface area (Å²) in [5.41, 5.74) is -0.716. The Hall–Kier alpha value is -0.810. The number of alkyl carbamates (subject to hydrolysis) is 1. The zero-order valence-electron chi connectivity index (χ0n) is 14.3. The highest BCUT2D eigenvalue weighted by Crippen LogP contribution is 2.17. The lowest BCUT2D eigenvalue weighted by Crippen LogP contribution is -2.56. The molecule has 0 aromatic carbocycles. The van der Waals surface area contributed by atoms with Gasteiger partial charge in [0.2, 0.25) is 0 Å². The third-order valence-corrected chi connectivity index (χ3v) is 4.07. The maximum absolute atomic E-state index is 12.1. The van der Waals surface area contributed by atoms with E-state index in [0.717, 1.165) is 45.4 Å². The van der Waals surface area contributed by atoms with Crippen LogP contribution in [0.4, 0.5) is 4.79 Å². The second kappa shape index (κ2) is 7.99. The van der Waals surface area contributed by atoms with Gasteiger partial charge >= 0.3 is 6.09 Å². The monoisotopic (exact) mass is 300 g/mol. The minimum Gasteiger partial charge on any atom is -0.444 e. The average molecular weight is 300 g/mol. The van der Waals surface area contributed by atoms with E-state index in [9.17, 15) is 4.79 Å². The first kappa shape index (κ1) is 18.2. The fourth-order valence-corrected chi connectivity index (χ4v) is 2.48. The number of carbonyl (C=O) groups is 1. The Balaban J connectivity index is 2.53. The fourth-order valence-electron chi connectivity index (χ4n) is 2.48. The Morgan fingerprint density at radius 1 is 1.19 bits per heavy atom. The fraction of sp³-hybridized carbons (Fsp3) is 0.938. The quantitative estimate of drug-likeness (QED) is 0.792. The van der Waals surface area contributed by atoms with Crippen LogP contribution in [0.5, 0.6) is 0 Å². The number of carbonyl (C=O) groups excluding carboxylic acids is 1. The third kappa shape index (κ3) is 6.66. The van der Waals surface area contributed by atoms with Crippen LogP contribution in [-0.2, 0) is 9.47 Å². The summed E-state index contributed by atoms with van der Waals surface area (Å²) in [5.74, 6) is 0. The molecule has 1 heterocycles. The van der Waals surface area contributed by atoms with Crippen LogP contribution >= 0.6 is 0 Å². The van der Waals surface area contributed by atoms with Crippen LogP contribution in [0.25, 0.3) is 0 Å². The van der Waals surface area contributed by atoms with Gasteiger partial charge in [0.15, 0.2) is 0 Å². The Kier molecular flexibility index (Phi) is 6.94. The van der Waals surface area contributed by atoms with Crippen LogP contribution in [-0.4, -0.2) is 43.0 Å². The van der Waals surface area contributed by atoms with Crippen LogP contribution in [0.3, 0.4) is 0 Å². The molecule has 124 valence electrons. The van der Waals surface area contributed by atoms with E-state index in [-0.39, 0.29) is 11.6 Å². The summed E-state index contributed by atoms with van der Waals surface area (Å²) in [6, 6.07) is 0.483. The largest absolute Gasteiger partial charge is 0.444 e. The molecule has 5 heteroatoms. The Morgan fingerprint density at radius 2 is 1.76 bits per heavy atom. The molecule has 1 fully saturated rings. The van der Waals surface area contributed by atoms with Gasteiger partial charge in [-0.05, 0) is 46.5 Å².